The summed E-state index contributed by atoms with van der Waals surface area (Å²) >= 11 is 0. The number of carbonyl (C=O) groups is 2. The molecule has 0 saturated heterocycles. The molecule has 2 aliphatic heterocycles. The maximum atomic E-state index is 13.9. The fourth-order valence-electron chi connectivity index (χ4n) is 4.22. The van der Waals surface area contributed by atoms with Crippen molar-refractivity contribution in [1.29, 1.82) is 0 Å². The number of ether oxygens (including phenoxy) is 1. The van der Waals surface area contributed by atoms with Crippen molar-refractivity contribution in [2.24, 2.45) is 5.92 Å². The van der Waals surface area contributed by atoms with Crippen LogP contribution in [0, 0.1) is 17.6 Å². The average molecular weight is 447 g/mol. The van der Waals surface area contributed by atoms with E-state index in [2.05, 4.69) is 5.32 Å². The Balaban J connectivity index is 1.72. The van der Waals surface area contributed by atoms with Gasteiger partial charge in [-0.05, 0) is 12.0 Å². The molecule has 1 aromatic heterocycles. The molecule has 1 unspecified atom stereocenters. The molecule has 0 spiro atoms. The summed E-state index contributed by atoms with van der Waals surface area (Å²) in [7, 11) is 0. The van der Waals surface area contributed by atoms with Crippen LogP contribution >= 0.6 is 0 Å². The third-order valence-corrected chi connectivity index (χ3v) is 5.59. The van der Waals surface area contributed by atoms with Gasteiger partial charge in [-0.1, -0.05) is 19.9 Å². The molecule has 32 heavy (non-hydrogen) atoms. The van der Waals surface area contributed by atoms with Gasteiger partial charge < -0.3 is 24.6 Å². The van der Waals surface area contributed by atoms with Crippen molar-refractivity contribution >= 4 is 11.8 Å². The molecule has 4 rings (SSSR count). The Morgan fingerprint density at radius 3 is 2.75 bits per heavy atom. The van der Waals surface area contributed by atoms with Gasteiger partial charge in [0.15, 0.2) is 11.4 Å². The monoisotopic (exact) mass is 447 g/mol. The second-order valence-electron chi connectivity index (χ2n) is 8.41. The highest BCUT2D eigenvalue weighted by Crippen LogP contribution is 2.33. The van der Waals surface area contributed by atoms with Gasteiger partial charge in [-0.25, -0.2) is 8.78 Å². The van der Waals surface area contributed by atoms with Crippen molar-refractivity contribution in [3.63, 3.8) is 0 Å². The largest absolute Gasteiger partial charge is 0.503 e. The number of aromatic nitrogens is 1. The minimum atomic E-state index is -0.993. The van der Waals surface area contributed by atoms with Crippen LogP contribution in [0.4, 0.5) is 8.78 Å². The van der Waals surface area contributed by atoms with Gasteiger partial charge >= 0.3 is 0 Å². The van der Waals surface area contributed by atoms with Gasteiger partial charge in [0.25, 0.3) is 11.8 Å². The van der Waals surface area contributed by atoms with E-state index in [1.54, 1.807) is 4.90 Å². The molecule has 2 aromatic rings. The number of halogens is 2. The fourth-order valence-corrected chi connectivity index (χ4v) is 4.22. The maximum Gasteiger partial charge on any atom is 0.274 e. The van der Waals surface area contributed by atoms with E-state index < -0.39 is 34.6 Å². The van der Waals surface area contributed by atoms with Crippen LogP contribution in [0.1, 0.15) is 52.0 Å². The first kappa shape index (κ1) is 21.9. The second kappa shape index (κ2) is 8.34. The van der Waals surface area contributed by atoms with Crippen molar-refractivity contribution in [3.8, 4) is 5.75 Å². The van der Waals surface area contributed by atoms with E-state index in [0.29, 0.717) is 19.2 Å². The van der Waals surface area contributed by atoms with E-state index >= 15 is 0 Å². The maximum absolute atomic E-state index is 13.9. The molecule has 0 fully saturated rings. The van der Waals surface area contributed by atoms with Gasteiger partial charge in [0.1, 0.15) is 17.2 Å². The first-order chi connectivity index (χ1) is 15.2. The first-order valence-electron chi connectivity index (χ1n) is 10.3. The Kier molecular flexibility index (Phi) is 5.72. The zero-order chi connectivity index (χ0) is 23.2. The minimum Gasteiger partial charge on any atom is -0.503 e. The Labute approximate surface area is 182 Å². The van der Waals surface area contributed by atoms with Crippen LogP contribution in [0.15, 0.2) is 23.0 Å². The lowest BCUT2D eigenvalue weighted by Gasteiger charge is -2.41. The third-order valence-electron chi connectivity index (χ3n) is 5.59. The molecule has 2 N–H and O–H groups in total. The molecule has 3 heterocycles. The summed E-state index contributed by atoms with van der Waals surface area (Å²) in [6.45, 7) is 4.54. The van der Waals surface area contributed by atoms with Crippen LogP contribution in [0.5, 0.6) is 5.75 Å². The zero-order valence-corrected chi connectivity index (χ0v) is 17.7. The van der Waals surface area contributed by atoms with Crippen LogP contribution in [0.25, 0.3) is 0 Å². The normalized spacial score (nSPS) is 17.5. The van der Waals surface area contributed by atoms with Crippen molar-refractivity contribution < 1.29 is 28.2 Å². The summed E-state index contributed by atoms with van der Waals surface area (Å²) in [5.74, 6) is -3.53. The number of amides is 2. The number of aromatic hydroxyl groups is 1. The lowest BCUT2D eigenvalue weighted by Crippen LogP contribution is -2.50. The smallest absolute Gasteiger partial charge is 0.274 e. The van der Waals surface area contributed by atoms with Crippen molar-refractivity contribution in [2.75, 3.05) is 19.7 Å². The summed E-state index contributed by atoms with van der Waals surface area (Å²) in [6.07, 6.45) is 0. The van der Waals surface area contributed by atoms with E-state index in [9.17, 15) is 28.3 Å². The summed E-state index contributed by atoms with van der Waals surface area (Å²) in [4.78, 5) is 40.4. The number of benzene rings is 1. The third kappa shape index (κ3) is 3.75. The van der Waals surface area contributed by atoms with E-state index in [1.165, 1.54) is 10.6 Å². The summed E-state index contributed by atoms with van der Waals surface area (Å²) in [5, 5.41) is 13.0. The van der Waals surface area contributed by atoms with Crippen molar-refractivity contribution in [2.45, 2.75) is 33.0 Å². The zero-order valence-electron chi connectivity index (χ0n) is 17.7. The highest BCUT2D eigenvalue weighted by Gasteiger charge is 2.40. The fraction of sp³-hybridized carbons (Fsp3) is 0.409. The Hall–Kier alpha value is -3.27. The number of carbonyl (C=O) groups excluding carboxylic acids is 2. The molecule has 0 aliphatic carbocycles. The van der Waals surface area contributed by atoms with Gasteiger partial charge in [-0.3, -0.25) is 14.4 Å². The van der Waals surface area contributed by atoms with Crippen LogP contribution in [0.2, 0.25) is 0 Å². The van der Waals surface area contributed by atoms with Crippen LogP contribution in [-0.2, 0) is 17.9 Å². The van der Waals surface area contributed by atoms with Crippen LogP contribution < -0.4 is 10.7 Å². The van der Waals surface area contributed by atoms with Gasteiger partial charge in [-0.2, -0.15) is 0 Å². The van der Waals surface area contributed by atoms with Gasteiger partial charge in [0.2, 0.25) is 5.43 Å². The molecule has 0 bridgehead atoms. The molecule has 1 aromatic carbocycles. The second-order valence-corrected chi connectivity index (χ2v) is 8.41. The quantitative estimate of drug-likeness (QED) is 0.730. The Morgan fingerprint density at radius 2 is 2.06 bits per heavy atom. The highest BCUT2D eigenvalue weighted by molar-refractivity contribution is 6.00. The molecule has 2 amide bonds. The van der Waals surface area contributed by atoms with Gasteiger partial charge in [-0.15, -0.1) is 0 Å². The van der Waals surface area contributed by atoms with Crippen molar-refractivity contribution in [1.82, 2.24) is 14.8 Å². The van der Waals surface area contributed by atoms with E-state index in [-0.39, 0.29) is 54.2 Å². The molecule has 2 aliphatic rings. The predicted molar refractivity (Wildman–Crippen MR) is 109 cm³/mol. The molecule has 0 saturated carbocycles. The Bertz CT molecular complexity index is 1160. The number of nitrogens with zero attached hydrogens (tertiary/aromatic N) is 2. The molecular weight excluding hydrogens is 424 g/mol. The molecule has 0 radical (unpaired) electrons. The Morgan fingerprint density at radius 1 is 1.31 bits per heavy atom. The number of rotatable bonds is 5. The average Bonchev–Trinajstić information content (AvgIpc) is 2.72. The van der Waals surface area contributed by atoms with Crippen molar-refractivity contribution in [3.05, 3.63) is 62.6 Å². The van der Waals surface area contributed by atoms with Gasteiger partial charge in [0.05, 0.1) is 24.9 Å². The molecule has 10 heteroatoms. The number of nitrogens with one attached hydrogen (secondary N) is 1. The highest BCUT2D eigenvalue weighted by atomic mass is 19.1. The molecule has 1 atom stereocenters. The topological polar surface area (TPSA) is 101 Å². The van der Waals surface area contributed by atoms with Crippen LogP contribution in [-0.4, -0.2) is 46.1 Å². The summed E-state index contributed by atoms with van der Waals surface area (Å²) in [6, 6.07) is 2.57. The number of pyridine rings is 1. The standard InChI is InChI=1S/C22H23F2N3O5/c1-11(2)7-26-8-14-9-32-10-16-17(19(28)20(29)18(22(26)31)27(14)16)21(30)25-6-12-3-4-13(23)5-15(12)24/h3-5,11,14,29H,6-10H2,1-2H3,(H,25,30). The minimum absolute atomic E-state index is 0.0318. The molecular formula is C22H23F2N3O5. The van der Waals surface area contributed by atoms with E-state index in [4.69, 9.17) is 4.74 Å². The summed E-state index contributed by atoms with van der Waals surface area (Å²) in [5.41, 5.74) is -1.28. The lowest BCUT2D eigenvalue weighted by molar-refractivity contribution is 0.0224. The first-order valence-corrected chi connectivity index (χ1v) is 10.3. The van der Waals surface area contributed by atoms with E-state index in [0.717, 1.165) is 6.07 Å². The number of hydrogen-bond donors (Lipinski definition) is 2. The predicted octanol–water partition coefficient (Wildman–Crippen LogP) is 1.95. The molecule has 8 nitrogen and oxygen atoms in total. The number of hydrogen-bond acceptors (Lipinski definition) is 5. The SMILES string of the molecule is CC(C)CN1CC2COCc3c(C(=O)NCc4ccc(F)cc4F)c(=O)c(O)c(n32)C1=O. The van der Waals surface area contributed by atoms with E-state index in [1.807, 2.05) is 13.8 Å². The van der Waals surface area contributed by atoms with Crippen LogP contribution in [0.3, 0.4) is 0 Å². The summed E-state index contributed by atoms with van der Waals surface area (Å²) < 4.78 is 34.1. The lowest BCUT2D eigenvalue weighted by atomic mass is 10.0. The van der Waals surface area contributed by atoms with Gasteiger partial charge in [0, 0.05) is 31.3 Å². The molecule has 170 valence electrons.